The van der Waals surface area contributed by atoms with Crippen molar-refractivity contribution in [3.05, 3.63) is 41.5 Å². The first-order valence-corrected chi connectivity index (χ1v) is 14.0. The third-order valence-electron chi connectivity index (χ3n) is 9.28. The number of carboxylic acid groups (broad SMARTS) is 1. The van der Waals surface area contributed by atoms with Crippen LogP contribution in [-0.2, 0) is 11.0 Å². The van der Waals surface area contributed by atoms with E-state index in [4.69, 9.17) is 4.74 Å². The Bertz CT molecular complexity index is 1190. The van der Waals surface area contributed by atoms with Crippen LogP contribution in [0.4, 0.5) is 22.0 Å². The number of rotatable bonds is 6. The van der Waals surface area contributed by atoms with Gasteiger partial charge < -0.3 is 9.84 Å². The summed E-state index contributed by atoms with van der Waals surface area (Å²) in [6, 6.07) is 8.27. The monoisotopic (exact) mass is 553 g/mol. The van der Waals surface area contributed by atoms with Crippen molar-refractivity contribution in [1.29, 1.82) is 0 Å². The van der Waals surface area contributed by atoms with Crippen molar-refractivity contribution in [3.63, 3.8) is 0 Å². The van der Waals surface area contributed by atoms with Crippen molar-refractivity contribution in [2.75, 3.05) is 0 Å². The summed E-state index contributed by atoms with van der Waals surface area (Å²) in [5.41, 5.74) is 0.0649. The zero-order valence-corrected chi connectivity index (χ0v) is 22.3. The largest absolute Gasteiger partial charge is 0.490 e. The van der Waals surface area contributed by atoms with Gasteiger partial charge in [0.25, 0.3) is 0 Å². The van der Waals surface area contributed by atoms with Crippen molar-refractivity contribution in [1.82, 2.24) is 4.90 Å². The number of benzene rings is 2. The minimum Gasteiger partial charge on any atom is -0.490 e. The molecule has 3 fully saturated rings. The molecule has 0 aromatic heterocycles. The highest BCUT2D eigenvalue weighted by Crippen LogP contribution is 2.46. The lowest BCUT2D eigenvalue weighted by molar-refractivity contribution is -0.147. The number of carbonyl (C=O) groups is 1. The van der Waals surface area contributed by atoms with E-state index in [0.717, 1.165) is 31.7 Å². The van der Waals surface area contributed by atoms with E-state index in [0.29, 0.717) is 31.1 Å². The molecular formula is C30H36F5NO3. The van der Waals surface area contributed by atoms with E-state index in [9.17, 15) is 31.9 Å². The van der Waals surface area contributed by atoms with Crippen LogP contribution in [0, 0.1) is 11.8 Å². The number of aliphatic carboxylic acids is 1. The lowest BCUT2D eigenvalue weighted by atomic mass is 9.77. The Hall–Kier alpha value is -2.42. The maximum absolute atomic E-state index is 14.3. The molecule has 2 heterocycles. The van der Waals surface area contributed by atoms with Gasteiger partial charge in [-0.25, -0.2) is 8.78 Å². The third-order valence-corrected chi connectivity index (χ3v) is 9.28. The molecule has 3 aliphatic rings. The van der Waals surface area contributed by atoms with Crippen LogP contribution in [0.3, 0.4) is 0 Å². The number of hydrogen-bond acceptors (Lipinski definition) is 3. The molecule has 2 aliphatic heterocycles. The van der Waals surface area contributed by atoms with Crippen molar-refractivity contribution < 1.29 is 36.6 Å². The van der Waals surface area contributed by atoms with Crippen LogP contribution in [0.25, 0.3) is 10.8 Å². The Morgan fingerprint density at radius 3 is 2.18 bits per heavy atom. The number of hydrogen-bond donors (Lipinski definition) is 1. The van der Waals surface area contributed by atoms with E-state index in [-0.39, 0.29) is 48.0 Å². The fourth-order valence-corrected chi connectivity index (χ4v) is 7.27. The smallest absolute Gasteiger partial charge is 0.420 e. The van der Waals surface area contributed by atoms with Crippen molar-refractivity contribution in [2.45, 2.75) is 108 Å². The maximum atomic E-state index is 14.3. The summed E-state index contributed by atoms with van der Waals surface area (Å²) in [5, 5.41) is 10.1. The minimum absolute atomic E-state index is 0.0505. The quantitative estimate of drug-likeness (QED) is 0.366. The number of ether oxygens (including phenoxy) is 1. The number of alkyl halides is 5. The molecule has 2 bridgehead atoms. The molecule has 2 saturated heterocycles. The van der Waals surface area contributed by atoms with Crippen LogP contribution in [0.15, 0.2) is 30.3 Å². The molecule has 0 spiro atoms. The second-order valence-corrected chi connectivity index (χ2v) is 11.8. The Kier molecular flexibility index (Phi) is 7.59. The Balaban J connectivity index is 1.40. The molecule has 3 atom stereocenters. The van der Waals surface area contributed by atoms with Gasteiger partial charge in [-0.2, -0.15) is 13.2 Å². The molecule has 4 nitrogen and oxygen atoms in total. The van der Waals surface area contributed by atoms with Crippen LogP contribution < -0.4 is 4.74 Å². The molecule has 214 valence electrons. The van der Waals surface area contributed by atoms with Gasteiger partial charge in [-0.3, -0.25) is 9.69 Å². The molecule has 9 heteroatoms. The SMILES string of the molecule is CC(c1ccc2c(C(F)(F)F)c(OC3CCC(C(C)(F)F)CC3)ccc2c1)N1C2CCCC1CC(C(=O)O)C2. The lowest BCUT2D eigenvalue weighted by Gasteiger charge is -2.51. The topological polar surface area (TPSA) is 49.8 Å². The molecule has 2 aromatic rings. The number of halogens is 5. The summed E-state index contributed by atoms with van der Waals surface area (Å²) < 4.78 is 76.1. The zero-order valence-electron chi connectivity index (χ0n) is 22.3. The molecular weight excluding hydrogens is 517 g/mol. The maximum Gasteiger partial charge on any atom is 0.420 e. The van der Waals surface area contributed by atoms with Gasteiger partial charge in [-0.1, -0.05) is 24.6 Å². The fraction of sp³-hybridized carbons (Fsp3) is 0.633. The standard InChI is InChI=1S/C30H36F5NO3/c1-17(36-22-4-3-5-23(36)16-20(15-22)28(37)38)18-6-12-25-19(14-18)7-13-26(27(25)30(33,34)35)39-24-10-8-21(9-11-24)29(2,31)32/h6-7,12-14,17,20-24H,3-5,8-11,15-16H2,1-2H3,(H,37,38). The number of fused-ring (bicyclic) bond motifs is 3. The zero-order chi connectivity index (χ0) is 28.1. The summed E-state index contributed by atoms with van der Waals surface area (Å²) >= 11 is 0. The van der Waals surface area contributed by atoms with Gasteiger partial charge in [0, 0.05) is 24.0 Å². The van der Waals surface area contributed by atoms with Crippen LogP contribution >= 0.6 is 0 Å². The normalized spacial score (nSPS) is 29.3. The predicted octanol–water partition coefficient (Wildman–Crippen LogP) is 8.23. The van der Waals surface area contributed by atoms with Crippen molar-refractivity contribution >= 4 is 16.7 Å². The summed E-state index contributed by atoms with van der Waals surface area (Å²) in [6.45, 7) is 2.94. The average Bonchev–Trinajstić information content (AvgIpc) is 2.86. The second kappa shape index (κ2) is 10.5. The summed E-state index contributed by atoms with van der Waals surface area (Å²) in [4.78, 5) is 14.0. The highest BCUT2D eigenvalue weighted by atomic mass is 19.4. The van der Waals surface area contributed by atoms with Gasteiger partial charge >= 0.3 is 12.1 Å². The van der Waals surface area contributed by atoms with Gasteiger partial charge in [0.15, 0.2) is 0 Å². The van der Waals surface area contributed by atoms with Crippen LogP contribution in [-0.4, -0.2) is 40.1 Å². The van der Waals surface area contributed by atoms with Gasteiger partial charge in [0.1, 0.15) is 11.3 Å². The Morgan fingerprint density at radius 1 is 0.974 bits per heavy atom. The molecule has 5 rings (SSSR count). The van der Waals surface area contributed by atoms with E-state index >= 15 is 0 Å². The fourth-order valence-electron chi connectivity index (χ4n) is 7.27. The highest BCUT2D eigenvalue weighted by Gasteiger charge is 2.43. The van der Waals surface area contributed by atoms with E-state index in [1.165, 1.54) is 12.1 Å². The second-order valence-electron chi connectivity index (χ2n) is 11.8. The Labute approximate surface area is 225 Å². The molecule has 1 saturated carbocycles. The molecule has 39 heavy (non-hydrogen) atoms. The van der Waals surface area contributed by atoms with E-state index < -0.39 is 35.7 Å². The van der Waals surface area contributed by atoms with Crippen LogP contribution in [0.5, 0.6) is 5.75 Å². The summed E-state index contributed by atoms with van der Waals surface area (Å²) in [6.07, 6.45) is -0.0539. The summed E-state index contributed by atoms with van der Waals surface area (Å²) in [5.74, 6) is -4.93. The molecule has 0 radical (unpaired) electrons. The number of piperidine rings is 2. The molecule has 1 aliphatic carbocycles. The first kappa shape index (κ1) is 28.1. The van der Waals surface area contributed by atoms with Crippen molar-refractivity contribution in [3.8, 4) is 5.75 Å². The first-order valence-electron chi connectivity index (χ1n) is 14.0. The molecule has 2 aromatic carbocycles. The van der Waals surface area contributed by atoms with Crippen molar-refractivity contribution in [2.24, 2.45) is 11.8 Å². The number of nitrogens with zero attached hydrogens (tertiary/aromatic N) is 1. The van der Waals surface area contributed by atoms with Crippen LogP contribution in [0.2, 0.25) is 0 Å². The van der Waals surface area contributed by atoms with Gasteiger partial charge in [-0.15, -0.1) is 0 Å². The van der Waals surface area contributed by atoms with Gasteiger partial charge in [-0.05, 0) is 93.7 Å². The summed E-state index contributed by atoms with van der Waals surface area (Å²) in [7, 11) is 0. The molecule has 3 unspecified atom stereocenters. The van der Waals surface area contributed by atoms with E-state index in [2.05, 4.69) is 4.90 Å². The van der Waals surface area contributed by atoms with E-state index in [1.54, 1.807) is 18.2 Å². The third kappa shape index (κ3) is 5.74. The van der Waals surface area contributed by atoms with Gasteiger partial charge in [0.05, 0.1) is 12.0 Å². The van der Waals surface area contributed by atoms with Crippen LogP contribution in [0.1, 0.15) is 88.8 Å². The average molecular weight is 554 g/mol. The highest BCUT2D eigenvalue weighted by molar-refractivity contribution is 5.89. The van der Waals surface area contributed by atoms with Gasteiger partial charge in [0.2, 0.25) is 5.92 Å². The molecule has 0 amide bonds. The molecule has 1 N–H and O–H groups in total. The first-order chi connectivity index (χ1) is 18.3. The van der Waals surface area contributed by atoms with E-state index in [1.807, 2.05) is 6.92 Å². The number of carboxylic acids is 1. The lowest BCUT2D eigenvalue weighted by Crippen LogP contribution is -2.53. The Morgan fingerprint density at radius 2 is 1.62 bits per heavy atom. The minimum atomic E-state index is -4.65. The predicted molar refractivity (Wildman–Crippen MR) is 138 cm³/mol.